The first-order valence-corrected chi connectivity index (χ1v) is 7.24. The van der Waals surface area contributed by atoms with E-state index in [0.717, 1.165) is 6.26 Å². The van der Waals surface area contributed by atoms with Crippen LogP contribution in [0.15, 0.2) is 29.2 Å². The van der Waals surface area contributed by atoms with E-state index in [2.05, 4.69) is 0 Å². The molecule has 0 bridgehead atoms. The Balaban J connectivity index is 2.99. The van der Waals surface area contributed by atoms with E-state index in [0.29, 0.717) is 12.0 Å². The predicted molar refractivity (Wildman–Crippen MR) is 64.7 cm³/mol. The van der Waals surface area contributed by atoms with Gasteiger partial charge in [-0.05, 0) is 18.6 Å². The lowest BCUT2D eigenvalue weighted by Crippen LogP contribution is -2.17. The highest BCUT2D eigenvalue weighted by Gasteiger charge is 2.17. The Kier molecular flexibility index (Phi) is 4.42. The molecule has 0 heterocycles. The number of rotatable bonds is 5. The molecular weight excluding hydrogens is 240 g/mol. The summed E-state index contributed by atoms with van der Waals surface area (Å²) in [5.41, 5.74) is 0.429. The second-order valence-electron chi connectivity index (χ2n) is 3.95. The average molecular weight is 256 g/mol. The van der Waals surface area contributed by atoms with Gasteiger partial charge in [-0.15, -0.1) is 0 Å². The van der Waals surface area contributed by atoms with Gasteiger partial charge in [-0.1, -0.05) is 19.1 Å². The number of sulfone groups is 1. The maximum Gasteiger partial charge on any atom is 0.175 e. The zero-order chi connectivity index (χ0) is 13.1. The maximum absolute atomic E-state index is 11.9. The Morgan fingerprint density at radius 1 is 1.29 bits per heavy atom. The number of carbonyl (C=O) groups excluding carboxylic acids is 1. The van der Waals surface area contributed by atoms with E-state index in [4.69, 9.17) is 5.11 Å². The van der Waals surface area contributed by atoms with Crippen LogP contribution in [0.4, 0.5) is 0 Å². The van der Waals surface area contributed by atoms with Crippen molar-refractivity contribution in [2.75, 3.05) is 12.9 Å². The van der Waals surface area contributed by atoms with E-state index in [1.54, 1.807) is 0 Å². The molecule has 0 aliphatic heterocycles. The highest BCUT2D eigenvalue weighted by atomic mass is 32.2. The monoisotopic (exact) mass is 256 g/mol. The zero-order valence-corrected chi connectivity index (χ0v) is 10.7. The second-order valence-corrected chi connectivity index (χ2v) is 5.96. The van der Waals surface area contributed by atoms with Crippen LogP contribution in [0.1, 0.15) is 23.7 Å². The minimum absolute atomic E-state index is 0.157. The summed E-state index contributed by atoms with van der Waals surface area (Å²) in [6, 6.07) is 5.79. The summed E-state index contributed by atoms with van der Waals surface area (Å²) in [6.07, 6.45) is 1.68. The Labute approximate surface area is 101 Å². The number of benzene rings is 1. The number of Topliss-reactive ketones (excluding diaryl/α,β-unsaturated/α-hetero) is 1. The Hall–Kier alpha value is -1.20. The summed E-state index contributed by atoms with van der Waals surface area (Å²) in [5, 5.41) is 9.02. The van der Waals surface area contributed by atoms with Crippen LogP contribution >= 0.6 is 0 Å². The first kappa shape index (κ1) is 13.9. The Morgan fingerprint density at radius 3 is 2.18 bits per heavy atom. The Morgan fingerprint density at radius 2 is 1.82 bits per heavy atom. The van der Waals surface area contributed by atoms with Crippen LogP contribution in [-0.4, -0.2) is 32.2 Å². The summed E-state index contributed by atoms with van der Waals surface area (Å²) in [6.45, 7) is 1.63. The van der Waals surface area contributed by atoms with Gasteiger partial charge in [-0.3, -0.25) is 4.79 Å². The number of ketones is 1. The number of aliphatic hydroxyl groups is 1. The fraction of sp³-hybridized carbons (Fsp3) is 0.417. The van der Waals surface area contributed by atoms with Crippen molar-refractivity contribution in [2.45, 2.75) is 18.2 Å². The van der Waals surface area contributed by atoms with E-state index < -0.39 is 15.8 Å². The molecule has 0 spiro atoms. The van der Waals surface area contributed by atoms with E-state index in [-0.39, 0.29) is 17.3 Å². The van der Waals surface area contributed by atoms with Crippen molar-refractivity contribution in [3.05, 3.63) is 29.8 Å². The van der Waals surface area contributed by atoms with Crippen molar-refractivity contribution in [3.8, 4) is 0 Å². The van der Waals surface area contributed by atoms with Crippen molar-refractivity contribution in [2.24, 2.45) is 5.92 Å². The van der Waals surface area contributed by atoms with Gasteiger partial charge in [0.2, 0.25) is 0 Å². The van der Waals surface area contributed by atoms with Crippen LogP contribution in [0.5, 0.6) is 0 Å². The highest BCUT2D eigenvalue weighted by molar-refractivity contribution is 7.90. The molecule has 1 unspecified atom stereocenters. The topological polar surface area (TPSA) is 71.4 Å². The number of carbonyl (C=O) groups is 1. The molecular formula is C12H16O4S. The van der Waals surface area contributed by atoms with E-state index in [1.807, 2.05) is 6.92 Å². The van der Waals surface area contributed by atoms with Gasteiger partial charge >= 0.3 is 0 Å². The smallest absolute Gasteiger partial charge is 0.175 e. The molecule has 0 saturated carbocycles. The second kappa shape index (κ2) is 5.42. The summed E-state index contributed by atoms with van der Waals surface area (Å²) in [5.74, 6) is -0.575. The van der Waals surface area contributed by atoms with Gasteiger partial charge in [-0.25, -0.2) is 8.42 Å². The predicted octanol–water partition coefficient (Wildman–Crippen LogP) is 1.29. The summed E-state index contributed by atoms with van der Waals surface area (Å²) in [7, 11) is -3.24. The zero-order valence-electron chi connectivity index (χ0n) is 9.88. The van der Waals surface area contributed by atoms with Crippen LogP contribution < -0.4 is 0 Å². The molecule has 0 saturated heterocycles. The molecule has 0 aromatic heterocycles. The van der Waals surface area contributed by atoms with Gasteiger partial charge in [0.25, 0.3) is 0 Å². The molecule has 94 valence electrons. The minimum atomic E-state index is -3.24. The molecule has 0 aliphatic rings. The lowest BCUT2D eigenvalue weighted by molar-refractivity contribution is 0.0856. The fourth-order valence-corrected chi connectivity index (χ4v) is 2.13. The lowest BCUT2D eigenvalue weighted by Gasteiger charge is -2.10. The van der Waals surface area contributed by atoms with Crippen molar-refractivity contribution in [1.82, 2.24) is 0 Å². The molecule has 0 fully saturated rings. The lowest BCUT2D eigenvalue weighted by atomic mass is 9.96. The molecule has 0 amide bonds. The van der Waals surface area contributed by atoms with Gasteiger partial charge in [0.1, 0.15) is 0 Å². The molecule has 1 aromatic rings. The molecule has 1 atom stereocenters. The average Bonchev–Trinajstić information content (AvgIpc) is 2.29. The first-order chi connectivity index (χ1) is 7.90. The van der Waals surface area contributed by atoms with Gasteiger partial charge < -0.3 is 5.11 Å². The molecule has 17 heavy (non-hydrogen) atoms. The number of hydrogen-bond donors (Lipinski definition) is 1. The standard InChI is InChI=1S/C12H16O4S/c1-3-9(8-13)12(14)10-4-6-11(7-5-10)17(2,15)16/h4-7,9,13H,3,8H2,1-2H3. The van der Waals surface area contributed by atoms with Crippen molar-refractivity contribution >= 4 is 15.6 Å². The van der Waals surface area contributed by atoms with Crippen molar-refractivity contribution in [1.29, 1.82) is 0 Å². The van der Waals surface area contributed by atoms with E-state index >= 15 is 0 Å². The summed E-state index contributed by atoms with van der Waals surface area (Å²) < 4.78 is 22.5. The maximum atomic E-state index is 11.9. The van der Waals surface area contributed by atoms with Crippen LogP contribution in [0.2, 0.25) is 0 Å². The molecule has 1 aromatic carbocycles. The molecule has 0 radical (unpaired) electrons. The third-order valence-electron chi connectivity index (χ3n) is 2.65. The van der Waals surface area contributed by atoms with Gasteiger partial charge in [0, 0.05) is 17.7 Å². The van der Waals surface area contributed by atoms with Gasteiger partial charge in [0.05, 0.1) is 11.5 Å². The van der Waals surface area contributed by atoms with Crippen LogP contribution in [-0.2, 0) is 9.84 Å². The normalized spacial score (nSPS) is 13.4. The van der Waals surface area contributed by atoms with E-state index in [1.165, 1.54) is 24.3 Å². The van der Waals surface area contributed by atoms with Gasteiger partial charge in [-0.2, -0.15) is 0 Å². The quantitative estimate of drug-likeness (QED) is 0.806. The summed E-state index contributed by atoms with van der Waals surface area (Å²) in [4.78, 5) is 12.0. The van der Waals surface area contributed by atoms with Crippen LogP contribution in [0.25, 0.3) is 0 Å². The molecule has 0 aliphatic carbocycles. The van der Waals surface area contributed by atoms with E-state index in [9.17, 15) is 13.2 Å². The number of aliphatic hydroxyl groups excluding tert-OH is 1. The Bertz CT molecular complexity index is 484. The largest absolute Gasteiger partial charge is 0.396 e. The van der Waals surface area contributed by atoms with Crippen molar-refractivity contribution < 1.29 is 18.3 Å². The van der Waals surface area contributed by atoms with Crippen LogP contribution in [0, 0.1) is 5.92 Å². The SMILES string of the molecule is CCC(CO)C(=O)c1ccc(S(C)(=O)=O)cc1. The van der Waals surface area contributed by atoms with Gasteiger partial charge in [0.15, 0.2) is 15.6 Å². The van der Waals surface area contributed by atoms with Crippen LogP contribution in [0.3, 0.4) is 0 Å². The fourth-order valence-electron chi connectivity index (χ4n) is 1.50. The third-order valence-corrected chi connectivity index (χ3v) is 3.78. The molecule has 4 nitrogen and oxygen atoms in total. The molecule has 5 heteroatoms. The molecule has 1 N–H and O–H groups in total. The first-order valence-electron chi connectivity index (χ1n) is 5.35. The molecule has 1 rings (SSSR count). The third kappa shape index (κ3) is 3.38. The minimum Gasteiger partial charge on any atom is -0.396 e. The number of hydrogen-bond acceptors (Lipinski definition) is 4. The summed E-state index contributed by atoms with van der Waals surface area (Å²) >= 11 is 0. The van der Waals surface area contributed by atoms with Crippen molar-refractivity contribution in [3.63, 3.8) is 0 Å². The highest BCUT2D eigenvalue weighted by Crippen LogP contribution is 2.15.